The molecule has 0 aromatic heterocycles. The second-order valence-electron chi connectivity index (χ2n) is 5.76. The van der Waals surface area contributed by atoms with Crippen LogP contribution >= 0.6 is 12.4 Å². The van der Waals surface area contributed by atoms with Gasteiger partial charge < -0.3 is 5.73 Å². The Bertz CT molecular complexity index is 873. The molecular weight excluding hydrogens is 378 g/mol. The van der Waals surface area contributed by atoms with Gasteiger partial charge in [-0.25, -0.2) is 8.42 Å². The first-order valence-electron chi connectivity index (χ1n) is 7.77. The fourth-order valence-electron chi connectivity index (χ4n) is 2.54. The van der Waals surface area contributed by atoms with Crippen molar-refractivity contribution in [2.75, 3.05) is 13.1 Å². The third-order valence-corrected chi connectivity index (χ3v) is 5.98. The van der Waals surface area contributed by atoms with Gasteiger partial charge in [0.15, 0.2) is 0 Å². The smallest absolute Gasteiger partial charge is 0.271 e. The summed E-state index contributed by atoms with van der Waals surface area (Å²) in [4.78, 5) is 10.5. The summed E-state index contributed by atoms with van der Waals surface area (Å²) in [5.41, 5.74) is 7.22. The molecule has 0 saturated carbocycles. The Morgan fingerprint density at radius 1 is 1.15 bits per heavy atom. The minimum absolute atomic E-state index is 0. The first kappa shape index (κ1) is 22.0. The van der Waals surface area contributed by atoms with E-state index < -0.39 is 14.9 Å². The number of nitro groups is 1. The lowest BCUT2D eigenvalue weighted by Gasteiger charge is -2.23. The van der Waals surface area contributed by atoms with E-state index in [4.69, 9.17) is 5.73 Å². The summed E-state index contributed by atoms with van der Waals surface area (Å²) in [6.07, 6.45) is 0. The van der Waals surface area contributed by atoms with Crippen LogP contribution in [0.3, 0.4) is 0 Å². The van der Waals surface area contributed by atoms with Gasteiger partial charge in [0.05, 0.1) is 9.82 Å². The molecule has 0 aliphatic rings. The van der Waals surface area contributed by atoms with Crippen molar-refractivity contribution in [1.82, 2.24) is 4.31 Å². The third-order valence-electron chi connectivity index (χ3n) is 4.01. The predicted octanol–water partition coefficient (Wildman–Crippen LogP) is 2.78. The minimum Gasteiger partial charge on any atom is -0.329 e. The van der Waals surface area contributed by atoms with Crippen molar-refractivity contribution in [3.8, 4) is 0 Å². The first-order valence-corrected chi connectivity index (χ1v) is 9.21. The van der Waals surface area contributed by atoms with Crippen molar-refractivity contribution in [2.24, 2.45) is 5.73 Å². The molecule has 0 saturated heterocycles. The molecule has 2 aromatic carbocycles. The van der Waals surface area contributed by atoms with Crippen LogP contribution in [0.4, 0.5) is 5.69 Å². The number of non-ortho nitro benzene ring substituents is 1. The summed E-state index contributed by atoms with van der Waals surface area (Å²) < 4.78 is 27.5. The molecule has 142 valence electrons. The number of hydrogen-bond acceptors (Lipinski definition) is 5. The average molecular weight is 400 g/mol. The molecule has 0 amide bonds. The van der Waals surface area contributed by atoms with Gasteiger partial charge in [-0.3, -0.25) is 10.1 Å². The molecule has 0 atom stereocenters. The lowest BCUT2D eigenvalue weighted by molar-refractivity contribution is -0.385. The topological polar surface area (TPSA) is 107 Å². The van der Waals surface area contributed by atoms with Gasteiger partial charge >= 0.3 is 0 Å². The molecule has 0 aliphatic carbocycles. The average Bonchev–Trinajstić information content (AvgIpc) is 2.57. The number of rotatable bonds is 7. The van der Waals surface area contributed by atoms with Crippen LogP contribution in [-0.4, -0.2) is 30.7 Å². The Labute approximate surface area is 159 Å². The quantitative estimate of drug-likeness (QED) is 0.569. The summed E-state index contributed by atoms with van der Waals surface area (Å²) in [6, 6.07) is 11.6. The summed E-state index contributed by atoms with van der Waals surface area (Å²) in [5.74, 6) is 0. The Hall–Kier alpha value is -2.00. The fourth-order valence-corrected chi connectivity index (χ4v) is 4.30. The first-order chi connectivity index (χ1) is 11.8. The highest BCUT2D eigenvalue weighted by Crippen LogP contribution is 2.28. The molecule has 2 aromatic rings. The molecule has 0 spiro atoms. The molecule has 26 heavy (non-hydrogen) atoms. The van der Waals surface area contributed by atoms with Crippen molar-refractivity contribution >= 4 is 28.1 Å². The Balaban J connectivity index is 0.00000338. The van der Waals surface area contributed by atoms with E-state index >= 15 is 0 Å². The second-order valence-corrected chi connectivity index (χ2v) is 7.66. The van der Waals surface area contributed by atoms with Crippen LogP contribution in [-0.2, 0) is 16.6 Å². The largest absolute Gasteiger partial charge is 0.329 e. The van der Waals surface area contributed by atoms with Gasteiger partial charge in [-0.15, -0.1) is 12.4 Å². The van der Waals surface area contributed by atoms with Gasteiger partial charge in [-0.05, 0) is 30.5 Å². The van der Waals surface area contributed by atoms with Gasteiger partial charge in [0.25, 0.3) is 5.69 Å². The maximum atomic E-state index is 13.1. The third kappa shape index (κ3) is 4.79. The molecule has 0 fully saturated rings. The van der Waals surface area contributed by atoms with Crippen LogP contribution in [0.5, 0.6) is 0 Å². The van der Waals surface area contributed by atoms with E-state index in [1.807, 2.05) is 30.3 Å². The lowest BCUT2D eigenvalue weighted by atomic mass is 10.1. The van der Waals surface area contributed by atoms with E-state index in [-0.39, 0.29) is 42.6 Å². The van der Waals surface area contributed by atoms with Crippen LogP contribution < -0.4 is 5.73 Å². The standard InChI is InChI=1S/C17H21N3O4S.ClH/c1-13-10-16(20(21)22)11-17(14(13)2)25(23,24)19(9-8-18)12-15-6-4-3-5-7-15;/h3-7,10-11H,8-9,12,18H2,1-2H3;1H. The highest BCUT2D eigenvalue weighted by molar-refractivity contribution is 7.89. The zero-order valence-corrected chi connectivity index (χ0v) is 16.2. The van der Waals surface area contributed by atoms with Gasteiger partial charge in [-0.1, -0.05) is 30.3 Å². The van der Waals surface area contributed by atoms with Gasteiger partial charge in [0.2, 0.25) is 10.0 Å². The molecule has 0 heterocycles. The van der Waals surface area contributed by atoms with Crippen molar-refractivity contribution in [2.45, 2.75) is 25.3 Å². The number of nitro benzene ring substituents is 1. The van der Waals surface area contributed by atoms with Crippen molar-refractivity contribution in [3.05, 3.63) is 69.3 Å². The molecule has 0 unspecified atom stereocenters. The predicted molar refractivity (Wildman–Crippen MR) is 103 cm³/mol. The van der Waals surface area contributed by atoms with Gasteiger partial charge in [0.1, 0.15) is 0 Å². The molecule has 9 heteroatoms. The molecule has 0 radical (unpaired) electrons. The van der Waals surface area contributed by atoms with E-state index in [0.717, 1.165) is 11.6 Å². The van der Waals surface area contributed by atoms with Crippen molar-refractivity contribution in [1.29, 1.82) is 0 Å². The normalized spacial score (nSPS) is 11.2. The molecule has 2 rings (SSSR count). The summed E-state index contributed by atoms with van der Waals surface area (Å²) in [7, 11) is -3.92. The molecule has 2 N–H and O–H groups in total. The van der Waals surface area contributed by atoms with Crippen LogP contribution in [0.15, 0.2) is 47.4 Å². The van der Waals surface area contributed by atoms with E-state index in [2.05, 4.69) is 0 Å². The highest BCUT2D eigenvalue weighted by Gasteiger charge is 2.28. The zero-order chi connectivity index (χ0) is 18.6. The van der Waals surface area contributed by atoms with Crippen molar-refractivity contribution < 1.29 is 13.3 Å². The molecule has 0 aliphatic heterocycles. The number of benzene rings is 2. The highest BCUT2D eigenvalue weighted by atomic mass is 35.5. The summed E-state index contributed by atoms with van der Waals surface area (Å²) >= 11 is 0. The minimum atomic E-state index is -3.92. The fraction of sp³-hybridized carbons (Fsp3) is 0.294. The van der Waals surface area contributed by atoms with E-state index in [1.54, 1.807) is 13.8 Å². The lowest BCUT2D eigenvalue weighted by Crippen LogP contribution is -2.35. The van der Waals surface area contributed by atoms with E-state index in [9.17, 15) is 18.5 Å². The summed E-state index contributed by atoms with van der Waals surface area (Å²) in [6.45, 7) is 3.74. The number of hydrogen-bond donors (Lipinski definition) is 1. The second kappa shape index (κ2) is 9.09. The molecular formula is C17H22ClN3O4S. The maximum Gasteiger partial charge on any atom is 0.271 e. The molecule has 7 nitrogen and oxygen atoms in total. The number of nitrogens with two attached hydrogens (primary N) is 1. The zero-order valence-electron chi connectivity index (χ0n) is 14.6. The van der Waals surface area contributed by atoms with Crippen LogP contribution in [0, 0.1) is 24.0 Å². The van der Waals surface area contributed by atoms with E-state index in [1.165, 1.54) is 10.4 Å². The monoisotopic (exact) mass is 399 g/mol. The Morgan fingerprint density at radius 3 is 2.31 bits per heavy atom. The number of nitrogens with zero attached hydrogens (tertiary/aromatic N) is 2. The summed E-state index contributed by atoms with van der Waals surface area (Å²) in [5, 5.41) is 11.1. The SMILES string of the molecule is Cc1cc([N+](=O)[O-])cc(S(=O)(=O)N(CCN)Cc2ccccc2)c1C.Cl. The van der Waals surface area contributed by atoms with Crippen LogP contribution in [0.2, 0.25) is 0 Å². The maximum absolute atomic E-state index is 13.1. The Kier molecular flexibility index (Phi) is 7.70. The Morgan fingerprint density at radius 2 is 1.77 bits per heavy atom. The number of sulfonamides is 1. The van der Waals surface area contributed by atoms with Gasteiger partial charge in [0, 0.05) is 31.8 Å². The van der Waals surface area contributed by atoms with Gasteiger partial charge in [-0.2, -0.15) is 4.31 Å². The van der Waals surface area contributed by atoms with Crippen molar-refractivity contribution in [3.63, 3.8) is 0 Å². The number of aryl methyl sites for hydroxylation is 1. The van der Waals surface area contributed by atoms with E-state index in [0.29, 0.717) is 11.1 Å². The van der Waals surface area contributed by atoms with Crippen LogP contribution in [0.1, 0.15) is 16.7 Å². The number of halogens is 1. The molecule has 0 bridgehead atoms. The van der Waals surface area contributed by atoms with Crippen LogP contribution in [0.25, 0.3) is 0 Å².